The number of carbonyl (C=O) groups is 1. The smallest absolute Gasteiger partial charge is 0.413 e. The summed E-state index contributed by atoms with van der Waals surface area (Å²) < 4.78 is 6.46. The first-order valence-electron chi connectivity index (χ1n) is 6.18. The van der Waals surface area contributed by atoms with Crippen molar-refractivity contribution in [2.45, 2.75) is 59.5 Å². The van der Waals surface area contributed by atoms with Crippen LogP contribution in [0.15, 0.2) is 9.21 Å². The Morgan fingerprint density at radius 3 is 2.28 bits per heavy atom. The number of carbonyl (C=O) groups excluding carboxylic acids is 1. The first kappa shape index (κ1) is 14.5. The number of oxazole rings is 1. The van der Waals surface area contributed by atoms with Crippen LogP contribution in [0, 0.1) is 13.8 Å². The summed E-state index contributed by atoms with van der Waals surface area (Å²) in [6, 6.07) is -0.519. The molecule has 0 aliphatic heterocycles. The summed E-state index contributed by atoms with van der Waals surface area (Å²) >= 11 is 0. The lowest BCUT2D eigenvalue weighted by atomic mass is 10.1. The van der Waals surface area contributed by atoms with Crippen molar-refractivity contribution in [1.29, 1.82) is 0 Å². The molecule has 1 unspecified atom stereocenters. The van der Waals surface area contributed by atoms with Gasteiger partial charge in [0.15, 0.2) is 0 Å². The van der Waals surface area contributed by atoms with Crippen molar-refractivity contribution in [1.82, 2.24) is 9.88 Å². The lowest BCUT2D eigenvalue weighted by molar-refractivity contribution is -0.126. The van der Waals surface area contributed by atoms with Gasteiger partial charge in [-0.2, -0.15) is 0 Å². The van der Waals surface area contributed by atoms with Crippen molar-refractivity contribution < 1.29 is 9.21 Å². The van der Waals surface area contributed by atoms with Crippen LogP contribution in [-0.4, -0.2) is 16.0 Å². The Hall–Kier alpha value is -1.52. The zero-order valence-corrected chi connectivity index (χ0v) is 12.0. The van der Waals surface area contributed by atoms with Gasteiger partial charge >= 0.3 is 5.76 Å². The number of rotatable bonds is 3. The van der Waals surface area contributed by atoms with Gasteiger partial charge in [0.25, 0.3) is 0 Å². The average Bonchev–Trinajstić information content (AvgIpc) is 2.43. The van der Waals surface area contributed by atoms with Crippen LogP contribution >= 0.6 is 0 Å². The van der Waals surface area contributed by atoms with Crippen molar-refractivity contribution in [3.8, 4) is 0 Å². The Kier molecular flexibility index (Phi) is 4.04. The molecule has 1 rings (SSSR count). The summed E-state index contributed by atoms with van der Waals surface area (Å²) in [4.78, 5) is 23.9. The van der Waals surface area contributed by atoms with E-state index in [1.807, 2.05) is 27.7 Å². The molecule has 0 saturated carbocycles. The lowest BCUT2D eigenvalue weighted by Gasteiger charge is -2.25. The van der Waals surface area contributed by atoms with E-state index in [0.29, 0.717) is 17.9 Å². The second-order valence-corrected chi connectivity index (χ2v) is 5.54. The van der Waals surface area contributed by atoms with Crippen LogP contribution in [0.3, 0.4) is 0 Å². The Morgan fingerprint density at radius 1 is 1.39 bits per heavy atom. The van der Waals surface area contributed by atoms with Crippen LogP contribution in [0.2, 0.25) is 0 Å². The molecular weight excluding hydrogens is 232 g/mol. The van der Waals surface area contributed by atoms with Gasteiger partial charge in [0, 0.05) is 5.54 Å². The van der Waals surface area contributed by atoms with Crippen molar-refractivity contribution in [2.75, 3.05) is 0 Å². The molecule has 1 aromatic rings. The third kappa shape index (κ3) is 3.03. The van der Waals surface area contributed by atoms with E-state index in [4.69, 9.17) is 4.42 Å². The number of amides is 1. The maximum absolute atomic E-state index is 12.2. The van der Waals surface area contributed by atoms with E-state index in [1.165, 1.54) is 4.57 Å². The zero-order valence-electron chi connectivity index (χ0n) is 12.0. The monoisotopic (exact) mass is 254 g/mol. The van der Waals surface area contributed by atoms with E-state index in [1.54, 1.807) is 13.8 Å². The summed E-state index contributed by atoms with van der Waals surface area (Å²) in [6.07, 6.45) is 0.543. The van der Waals surface area contributed by atoms with Crippen molar-refractivity contribution in [2.24, 2.45) is 0 Å². The largest absolute Gasteiger partial charge is 0.420 e. The molecule has 1 heterocycles. The topological polar surface area (TPSA) is 64.2 Å². The molecule has 1 amide bonds. The van der Waals surface area contributed by atoms with Crippen LogP contribution < -0.4 is 11.1 Å². The van der Waals surface area contributed by atoms with Crippen LogP contribution in [-0.2, 0) is 4.79 Å². The molecule has 18 heavy (non-hydrogen) atoms. The van der Waals surface area contributed by atoms with E-state index in [0.717, 1.165) is 0 Å². The van der Waals surface area contributed by atoms with Gasteiger partial charge in [-0.15, -0.1) is 0 Å². The standard InChI is InChI=1S/C13H22N2O3/c1-7-10(11(16)14-13(4,5)6)15-8(2)9(3)18-12(15)17/h10H,7H2,1-6H3,(H,14,16). The third-order valence-electron chi connectivity index (χ3n) is 2.81. The molecule has 0 spiro atoms. The van der Waals surface area contributed by atoms with E-state index in [9.17, 15) is 9.59 Å². The summed E-state index contributed by atoms with van der Waals surface area (Å²) in [6.45, 7) is 11.1. The highest BCUT2D eigenvalue weighted by Crippen LogP contribution is 2.16. The second kappa shape index (κ2) is 5.00. The molecule has 5 nitrogen and oxygen atoms in total. The van der Waals surface area contributed by atoms with Gasteiger partial charge in [0.2, 0.25) is 5.91 Å². The zero-order chi connectivity index (χ0) is 14.1. The summed E-state index contributed by atoms with van der Waals surface area (Å²) in [5.41, 5.74) is 0.386. The van der Waals surface area contributed by atoms with Gasteiger partial charge in [-0.05, 0) is 41.0 Å². The van der Waals surface area contributed by atoms with Crippen LogP contribution in [0.25, 0.3) is 0 Å². The van der Waals surface area contributed by atoms with Gasteiger partial charge in [-0.1, -0.05) is 6.92 Å². The molecule has 0 saturated heterocycles. The van der Waals surface area contributed by atoms with Gasteiger partial charge in [0.05, 0.1) is 5.69 Å². The van der Waals surface area contributed by atoms with Crippen LogP contribution in [0.1, 0.15) is 51.6 Å². The number of aromatic nitrogens is 1. The molecule has 1 atom stereocenters. The normalized spacial score (nSPS) is 13.4. The first-order chi connectivity index (χ1) is 8.17. The predicted molar refractivity (Wildman–Crippen MR) is 69.7 cm³/mol. The highest BCUT2D eigenvalue weighted by atomic mass is 16.4. The molecule has 0 aliphatic carbocycles. The van der Waals surface area contributed by atoms with Gasteiger partial charge in [-0.3, -0.25) is 9.36 Å². The number of aryl methyl sites for hydroxylation is 1. The van der Waals surface area contributed by atoms with Crippen molar-refractivity contribution in [3.05, 3.63) is 22.0 Å². The highest BCUT2D eigenvalue weighted by molar-refractivity contribution is 5.81. The van der Waals surface area contributed by atoms with Crippen LogP contribution in [0.5, 0.6) is 0 Å². The fourth-order valence-electron chi connectivity index (χ4n) is 1.86. The number of nitrogens with one attached hydrogen (secondary N) is 1. The van der Waals surface area contributed by atoms with Crippen molar-refractivity contribution >= 4 is 5.91 Å². The molecular formula is C13H22N2O3. The SMILES string of the molecule is CCC(C(=O)NC(C)(C)C)n1c(C)c(C)oc1=O. The van der Waals surface area contributed by atoms with Gasteiger partial charge in [0.1, 0.15) is 11.8 Å². The number of hydrogen-bond acceptors (Lipinski definition) is 3. The molecule has 5 heteroatoms. The maximum atomic E-state index is 12.2. The lowest BCUT2D eigenvalue weighted by Crippen LogP contribution is -2.45. The van der Waals surface area contributed by atoms with E-state index < -0.39 is 11.8 Å². The minimum atomic E-state index is -0.519. The molecule has 0 bridgehead atoms. The van der Waals surface area contributed by atoms with Crippen molar-refractivity contribution in [3.63, 3.8) is 0 Å². The molecule has 0 radical (unpaired) electrons. The minimum absolute atomic E-state index is 0.156. The quantitative estimate of drug-likeness (QED) is 0.896. The highest BCUT2D eigenvalue weighted by Gasteiger charge is 2.26. The Morgan fingerprint density at radius 2 is 1.94 bits per heavy atom. The summed E-state index contributed by atoms with van der Waals surface area (Å²) in [5.74, 6) is -0.0704. The molecule has 1 aromatic heterocycles. The van der Waals surface area contributed by atoms with Gasteiger partial charge < -0.3 is 9.73 Å². The predicted octanol–water partition coefficient (Wildman–Crippen LogP) is 1.92. The molecule has 102 valence electrons. The Bertz CT molecular complexity index is 491. The molecule has 0 fully saturated rings. The average molecular weight is 254 g/mol. The Labute approximate surface area is 107 Å². The van der Waals surface area contributed by atoms with E-state index in [-0.39, 0.29) is 11.4 Å². The number of nitrogens with zero attached hydrogens (tertiary/aromatic N) is 1. The first-order valence-corrected chi connectivity index (χ1v) is 6.18. The maximum Gasteiger partial charge on any atom is 0.420 e. The van der Waals surface area contributed by atoms with E-state index >= 15 is 0 Å². The number of hydrogen-bond donors (Lipinski definition) is 1. The minimum Gasteiger partial charge on any atom is -0.413 e. The van der Waals surface area contributed by atoms with Gasteiger partial charge in [-0.25, -0.2) is 4.79 Å². The van der Waals surface area contributed by atoms with E-state index in [2.05, 4.69) is 5.32 Å². The molecule has 0 aromatic carbocycles. The summed E-state index contributed by atoms with van der Waals surface area (Å²) in [7, 11) is 0. The summed E-state index contributed by atoms with van der Waals surface area (Å²) in [5, 5.41) is 2.89. The second-order valence-electron chi connectivity index (χ2n) is 5.54. The Balaban J connectivity index is 3.11. The fourth-order valence-corrected chi connectivity index (χ4v) is 1.86. The third-order valence-corrected chi connectivity index (χ3v) is 2.81. The van der Waals surface area contributed by atoms with Crippen LogP contribution in [0.4, 0.5) is 0 Å². The molecule has 1 N–H and O–H groups in total. The molecule has 0 aliphatic rings. The fraction of sp³-hybridized carbons (Fsp3) is 0.692.